The van der Waals surface area contributed by atoms with Gasteiger partial charge in [0.15, 0.2) is 5.69 Å². The molecule has 1 aliphatic rings. The summed E-state index contributed by atoms with van der Waals surface area (Å²) in [5.74, 6) is -0.110. The van der Waals surface area contributed by atoms with Crippen LogP contribution in [-0.4, -0.2) is 33.4 Å². The maximum Gasteiger partial charge on any atom is 0.272 e. The number of carbonyl (C=O) groups excluding carboxylic acids is 1. The van der Waals surface area contributed by atoms with E-state index in [1.807, 2.05) is 13.8 Å². The molecule has 5 heteroatoms. The average Bonchev–Trinajstić information content (AvgIpc) is 2.79. The normalized spacial score (nSPS) is 17.9. The van der Waals surface area contributed by atoms with Gasteiger partial charge in [0.25, 0.3) is 5.91 Å². The van der Waals surface area contributed by atoms with Crippen LogP contribution in [0.15, 0.2) is 0 Å². The van der Waals surface area contributed by atoms with E-state index >= 15 is 0 Å². The number of aromatic amines is 1. The maximum absolute atomic E-state index is 12.1. The highest BCUT2D eigenvalue weighted by molar-refractivity contribution is 5.94. The standard InChI is InChI=1S/C14H23N3O2/c1-9(2)14(3,19)8-15-13(18)12-10-6-4-5-7-11(10)16-17-12/h9,19H,4-8H2,1-3H3,(H,15,18)(H,16,17). The van der Waals surface area contributed by atoms with Crippen molar-refractivity contribution in [1.82, 2.24) is 15.5 Å². The molecule has 0 saturated carbocycles. The van der Waals surface area contributed by atoms with E-state index in [9.17, 15) is 9.90 Å². The first kappa shape index (κ1) is 14.1. The van der Waals surface area contributed by atoms with Gasteiger partial charge in [-0.05, 0) is 38.5 Å². The van der Waals surface area contributed by atoms with Gasteiger partial charge in [0, 0.05) is 17.8 Å². The van der Waals surface area contributed by atoms with Gasteiger partial charge in [-0.15, -0.1) is 0 Å². The third kappa shape index (κ3) is 2.97. The van der Waals surface area contributed by atoms with Crippen molar-refractivity contribution in [2.75, 3.05) is 6.54 Å². The minimum Gasteiger partial charge on any atom is -0.388 e. The second kappa shape index (κ2) is 5.33. The third-order valence-corrected chi connectivity index (χ3v) is 4.12. The summed E-state index contributed by atoms with van der Waals surface area (Å²) in [4.78, 5) is 12.1. The average molecular weight is 265 g/mol. The molecule has 1 heterocycles. The molecule has 1 amide bonds. The molecule has 0 aliphatic heterocycles. The van der Waals surface area contributed by atoms with E-state index in [1.165, 1.54) is 0 Å². The first-order chi connectivity index (χ1) is 8.92. The van der Waals surface area contributed by atoms with Gasteiger partial charge >= 0.3 is 0 Å². The van der Waals surface area contributed by atoms with E-state index < -0.39 is 5.60 Å². The van der Waals surface area contributed by atoms with Gasteiger partial charge in [-0.3, -0.25) is 9.89 Å². The second-order valence-electron chi connectivity index (χ2n) is 5.93. The Balaban J connectivity index is 2.03. The fourth-order valence-electron chi connectivity index (χ4n) is 2.22. The lowest BCUT2D eigenvalue weighted by Gasteiger charge is -2.27. The quantitative estimate of drug-likeness (QED) is 0.770. The van der Waals surface area contributed by atoms with Crippen molar-refractivity contribution in [3.05, 3.63) is 17.0 Å². The molecule has 0 fully saturated rings. The van der Waals surface area contributed by atoms with Gasteiger partial charge in [-0.1, -0.05) is 13.8 Å². The van der Waals surface area contributed by atoms with Crippen LogP contribution < -0.4 is 5.32 Å². The van der Waals surface area contributed by atoms with Gasteiger partial charge in [-0.25, -0.2) is 0 Å². The fourth-order valence-corrected chi connectivity index (χ4v) is 2.22. The van der Waals surface area contributed by atoms with Crippen LogP contribution in [0.1, 0.15) is 55.4 Å². The van der Waals surface area contributed by atoms with Crippen LogP contribution in [0.5, 0.6) is 0 Å². The molecule has 0 radical (unpaired) electrons. The van der Waals surface area contributed by atoms with Crippen LogP contribution in [0.3, 0.4) is 0 Å². The van der Waals surface area contributed by atoms with Gasteiger partial charge in [0.2, 0.25) is 0 Å². The van der Waals surface area contributed by atoms with Crippen molar-refractivity contribution in [2.45, 2.75) is 52.1 Å². The van der Waals surface area contributed by atoms with E-state index in [0.29, 0.717) is 5.69 Å². The Hall–Kier alpha value is -1.36. The number of H-pyrrole nitrogens is 1. The molecule has 3 N–H and O–H groups in total. The van der Waals surface area contributed by atoms with E-state index in [1.54, 1.807) is 6.92 Å². The summed E-state index contributed by atoms with van der Waals surface area (Å²) >= 11 is 0. The number of aryl methyl sites for hydroxylation is 1. The number of nitrogens with zero attached hydrogens (tertiary/aromatic N) is 1. The molecule has 0 saturated heterocycles. The minimum absolute atomic E-state index is 0.0842. The van der Waals surface area contributed by atoms with Crippen molar-refractivity contribution in [3.8, 4) is 0 Å². The van der Waals surface area contributed by atoms with Gasteiger partial charge in [0.1, 0.15) is 0 Å². The van der Waals surface area contributed by atoms with Gasteiger partial charge in [-0.2, -0.15) is 5.10 Å². The van der Waals surface area contributed by atoms with Crippen molar-refractivity contribution in [3.63, 3.8) is 0 Å². The van der Waals surface area contributed by atoms with Crippen LogP contribution >= 0.6 is 0 Å². The molecule has 1 unspecified atom stereocenters. The van der Waals surface area contributed by atoms with Gasteiger partial charge in [0.05, 0.1) is 5.60 Å². The largest absolute Gasteiger partial charge is 0.388 e. The highest BCUT2D eigenvalue weighted by Crippen LogP contribution is 2.22. The zero-order valence-electron chi connectivity index (χ0n) is 11.9. The Kier molecular flexibility index (Phi) is 3.94. The topological polar surface area (TPSA) is 78.0 Å². The van der Waals surface area contributed by atoms with Crippen LogP contribution in [0.2, 0.25) is 0 Å². The summed E-state index contributed by atoms with van der Waals surface area (Å²) in [5.41, 5.74) is 1.74. The smallest absolute Gasteiger partial charge is 0.272 e. The third-order valence-electron chi connectivity index (χ3n) is 4.12. The van der Waals surface area contributed by atoms with E-state index in [4.69, 9.17) is 0 Å². The second-order valence-corrected chi connectivity index (χ2v) is 5.93. The van der Waals surface area contributed by atoms with Crippen LogP contribution in [0.4, 0.5) is 0 Å². The van der Waals surface area contributed by atoms with Crippen molar-refractivity contribution in [1.29, 1.82) is 0 Å². The van der Waals surface area contributed by atoms with Crippen molar-refractivity contribution >= 4 is 5.91 Å². The van der Waals surface area contributed by atoms with E-state index in [0.717, 1.165) is 36.9 Å². The highest BCUT2D eigenvalue weighted by Gasteiger charge is 2.27. The predicted molar refractivity (Wildman–Crippen MR) is 73.0 cm³/mol. The summed E-state index contributed by atoms with van der Waals surface area (Å²) in [6.07, 6.45) is 4.14. The predicted octanol–water partition coefficient (Wildman–Crippen LogP) is 1.43. The zero-order chi connectivity index (χ0) is 14.0. The number of amides is 1. The van der Waals surface area contributed by atoms with E-state index in [-0.39, 0.29) is 18.4 Å². The first-order valence-electron chi connectivity index (χ1n) is 6.98. The Bertz CT molecular complexity index is 463. The Morgan fingerprint density at radius 3 is 2.84 bits per heavy atom. The number of aromatic nitrogens is 2. The number of rotatable bonds is 4. The van der Waals surface area contributed by atoms with E-state index in [2.05, 4.69) is 15.5 Å². The van der Waals surface area contributed by atoms with Crippen LogP contribution in [-0.2, 0) is 12.8 Å². The SMILES string of the molecule is CC(C)C(C)(O)CNC(=O)c1n[nH]c2c1CCCC2. The molecule has 1 atom stereocenters. The molecule has 1 aromatic rings. The lowest BCUT2D eigenvalue weighted by molar-refractivity contribution is 0.0141. The van der Waals surface area contributed by atoms with Crippen molar-refractivity contribution < 1.29 is 9.90 Å². The highest BCUT2D eigenvalue weighted by atomic mass is 16.3. The van der Waals surface area contributed by atoms with Crippen molar-refractivity contribution in [2.24, 2.45) is 5.92 Å². The Labute approximate surface area is 113 Å². The molecule has 5 nitrogen and oxygen atoms in total. The molecule has 19 heavy (non-hydrogen) atoms. The van der Waals surface area contributed by atoms with Crippen LogP contribution in [0.25, 0.3) is 0 Å². The number of aliphatic hydroxyl groups is 1. The molecular formula is C14H23N3O2. The fraction of sp³-hybridized carbons (Fsp3) is 0.714. The molecule has 1 aliphatic carbocycles. The molecule has 2 rings (SSSR count). The zero-order valence-corrected chi connectivity index (χ0v) is 11.9. The number of nitrogens with one attached hydrogen (secondary N) is 2. The lowest BCUT2D eigenvalue weighted by atomic mass is 9.92. The molecule has 0 bridgehead atoms. The number of hydrogen-bond donors (Lipinski definition) is 3. The summed E-state index contributed by atoms with van der Waals surface area (Å²) in [6.45, 7) is 5.84. The molecule has 106 valence electrons. The lowest BCUT2D eigenvalue weighted by Crippen LogP contribution is -2.44. The Morgan fingerprint density at radius 2 is 2.16 bits per heavy atom. The van der Waals surface area contributed by atoms with Crippen LogP contribution in [0, 0.1) is 5.92 Å². The van der Waals surface area contributed by atoms with Gasteiger partial charge < -0.3 is 10.4 Å². The number of hydrogen-bond acceptors (Lipinski definition) is 3. The Morgan fingerprint density at radius 1 is 1.47 bits per heavy atom. The first-order valence-corrected chi connectivity index (χ1v) is 6.98. The summed E-state index contributed by atoms with van der Waals surface area (Å²) < 4.78 is 0. The summed E-state index contributed by atoms with van der Waals surface area (Å²) in [5, 5.41) is 20.0. The summed E-state index contributed by atoms with van der Waals surface area (Å²) in [7, 11) is 0. The monoisotopic (exact) mass is 265 g/mol. The molecule has 1 aromatic heterocycles. The number of fused-ring (bicyclic) bond motifs is 1. The molecular weight excluding hydrogens is 242 g/mol. The molecule has 0 aromatic carbocycles. The molecule has 0 spiro atoms. The maximum atomic E-state index is 12.1. The number of carbonyl (C=O) groups is 1. The summed E-state index contributed by atoms with van der Waals surface area (Å²) in [6, 6.07) is 0. The minimum atomic E-state index is -0.897.